The van der Waals surface area contributed by atoms with Crippen LogP contribution in [0.25, 0.3) is 0 Å². The fraction of sp³-hybridized carbons (Fsp3) is 0.875. The largest absolute Gasteiger partial charge is 0.676 e. The van der Waals surface area contributed by atoms with Gasteiger partial charge in [-0.1, -0.05) is 6.92 Å². The van der Waals surface area contributed by atoms with Crippen LogP contribution in [0.3, 0.4) is 0 Å². The number of ether oxygens (including phenoxy) is 1. The molecule has 0 aliphatic carbocycles. The van der Waals surface area contributed by atoms with E-state index in [0.717, 1.165) is 0 Å². The normalized spacial score (nSPS) is 13.7. The molecule has 0 aliphatic rings. The van der Waals surface area contributed by atoms with E-state index >= 15 is 0 Å². The van der Waals surface area contributed by atoms with Crippen molar-refractivity contribution >= 4 is 15.0 Å². The maximum atomic E-state index is 10.7. The van der Waals surface area contributed by atoms with Crippen LogP contribution in [0.2, 0.25) is 0 Å². The summed E-state index contributed by atoms with van der Waals surface area (Å²) in [6.45, 7) is 3.22. The predicted molar refractivity (Wildman–Crippen MR) is 53.8 cm³/mol. The van der Waals surface area contributed by atoms with Crippen LogP contribution in [0.4, 0.5) is 0 Å². The van der Waals surface area contributed by atoms with Crippen molar-refractivity contribution in [3.63, 3.8) is 0 Å². The lowest BCUT2D eigenvalue weighted by molar-refractivity contribution is -0.149. The molecule has 0 aromatic rings. The molecule has 1 N–H and O–H groups in total. The fourth-order valence-electron chi connectivity index (χ4n) is 0.869. The summed E-state index contributed by atoms with van der Waals surface area (Å²) in [4.78, 5) is 20.2. The number of hydrogen-bond acceptors (Lipinski definition) is 6. The molecule has 0 heterocycles. The zero-order chi connectivity index (χ0) is 11.9. The van der Waals surface area contributed by atoms with Crippen molar-refractivity contribution in [3.05, 3.63) is 0 Å². The van der Waals surface area contributed by atoms with Gasteiger partial charge >= 0.3 is 15.0 Å². The van der Waals surface area contributed by atoms with Gasteiger partial charge < -0.3 is 22.8 Å². The first-order chi connectivity index (χ1) is 6.97. The Labute approximate surface area is 90.6 Å². The second-order valence-corrected chi connectivity index (χ2v) is 5.04. The molecule has 1 atom stereocenters. The second kappa shape index (κ2) is 6.91. The van der Waals surface area contributed by atoms with Gasteiger partial charge in [-0.3, -0.25) is 4.79 Å². The third-order valence-corrected chi connectivity index (χ3v) is 3.32. The monoisotopic (exact) mass is 238 g/mol. The summed E-state index contributed by atoms with van der Waals surface area (Å²) in [5, 5.41) is 0. The van der Waals surface area contributed by atoms with Gasteiger partial charge in [0.1, 0.15) is 6.10 Å². The van der Waals surface area contributed by atoms with Crippen LogP contribution in [0, 0.1) is 0 Å². The summed E-state index contributed by atoms with van der Waals surface area (Å²) in [6.07, 6.45) is 0.198. The minimum absolute atomic E-state index is 0.0560. The van der Waals surface area contributed by atoms with Gasteiger partial charge in [0.05, 0.1) is 6.61 Å². The van der Waals surface area contributed by atoms with Crippen LogP contribution in [0.5, 0.6) is 0 Å². The van der Waals surface area contributed by atoms with Crippen molar-refractivity contribution in [3.8, 4) is 0 Å². The van der Waals surface area contributed by atoms with E-state index in [-0.39, 0.29) is 12.6 Å². The molecule has 0 fully saturated rings. The van der Waals surface area contributed by atoms with E-state index in [0.29, 0.717) is 6.42 Å². The summed E-state index contributed by atoms with van der Waals surface area (Å²) in [7, 11) is -0.930. The number of carbonyl (C=O) groups excluding carboxylic acids is 1. The van der Waals surface area contributed by atoms with Crippen LogP contribution in [-0.4, -0.2) is 46.7 Å². The average molecular weight is 238 g/mol. The fourth-order valence-corrected chi connectivity index (χ4v) is 1.67. The maximum Gasteiger partial charge on any atom is 0.676 e. The van der Waals surface area contributed by atoms with E-state index in [1.165, 1.54) is 21.1 Å². The van der Waals surface area contributed by atoms with Crippen molar-refractivity contribution in [1.29, 1.82) is 0 Å². The molecule has 0 amide bonds. The van der Waals surface area contributed by atoms with Gasteiger partial charge in [0.2, 0.25) is 0 Å². The predicted octanol–water partition coefficient (Wildman–Crippen LogP) is 0.0654. The SMILES string of the molecule is CCC(CO[Si](O)(OC)OC)OC(C)=O. The molecule has 0 rings (SSSR count). The number of hydrogen-bond donors (Lipinski definition) is 1. The number of carbonyl (C=O) groups is 1. The molecule has 1 unspecified atom stereocenters. The molecule has 0 radical (unpaired) electrons. The van der Waals surface area contributed by atoms with Crippen LogP contribution < -0.4 is 0 Å². The van der Waals surface area contributed by atoms with Crippen molar-refractivity contribution in [2.45, 2.75) is 26.4 Å². The zero-order valence-electron chi connectivity index (χ0n) is 9.48. The quantitative estimate of drug-likeness (QED) is 0.499. The third-order valence-electron chi connectivity index (χ3n) is 1.76. The molecule has 0 aromatic carbocycles. The van der Waals surface area contributed by atoms with Gasteiger partial charge in [0, 0.05) is 21.1 Å². The van der Waals surface area contributed by atoms with Crippen LogP contribution in [0.1, 0.15) is 20.3 Å². The van der Waals surface area contributed by atoms with Gasteiger partial charge in [-0.15, -0.1) is 0 Å². The average Bonchev–Trinajstić information content (AvgIpc) is 2.23. The van der Waals surface area contributed by atoms with Crippen molar-refractivity contribution in [2.24, 2.45) is 0 Å². The van der Waals surface area contributed by atoms with Gasteiger partial charge in [0.15, 0.2) is 0 Å². The highest BCUT2D eigenvalue weighted by Gasteiger charge is 2.39. The molecule has 6 nitrogen and oxygen atoms in total. The molecule has 90 valence electrons. The summed E-state index contributed by atoms with van der Waals surface area (Å²) in [6, 6.07) is 0. The molecule has 0 saturated heterocycles. The smallest absolute Gasteiger partial charge is 0.460 e. The van der Waals surface area contributed by atoms with Gasteiger partial charge in [-0.25, -0.2) is 0 Å². The van der Waals surface area contributed by atoms with Crippen molar-refractivity contribution in [2.75, 3.05) is 20.8 Å². The Morgan fingerprint density at radius 1 is 1.40 bits per heavy atom. The Hall–Kier alpha value is -0.473. The molecule has 0 aromatic heterocycles. The van der Waals surface area contributed by atoms with Crippen LogP contribution in [-0.2, 0) is 22.8 Å². The van der Waals surface area contributed by atoms with E-state index in [1.807, 2.05) is 6.92 Å². The molecule has 0 bridgehead atoms. The lowest BCUT2D eigenvalue weighted by Gasteiger charge is -2.22. The molecule has 15 heavy (non-hydrogen) atoms. The summed E-state index contributed by atoms with van der Waals surface area (Å²) in [5.74, 6) is -0.384. The molecule has 7 heteroatoms. The highest BCUT2D eigenvalue weighted by Crippen LogP contribution is 2.06. The van der Waals surface area contributed by atoms with Crippen LogP contribution in [0.15, 0.2) is 0 Å². The highest BCUT2D eigenvalue weighted by atomic mass is 28.4. The van der Waals surface area contributed by atoms with E-state index in [4.69, 9.17) is 18.0 Å². The summed E-state index contributed by atoms with van der Waals surface area (Å²) >= 11 is 0. The highest BCUT2D eigenvalue weighted by molar-refractivity contribution is 6.51. The molecular weight excluding hydrogens is 220 g/mol. The zero-order valence-corrected chi connectivity index (χ0v) is 10.5. The Balaban J connectivity index is 4.03. The van der Waals surface area contributed by atoms with Crippen molar-refractivity contribution in [1.82, 2.24) is 0 Å². The molecule has 0 aliphatic heterocycles. The first-order valence-electron chi connectivity index (χ1n) is 4.61. The second-order valence-electron chi connectivity index (χ2n) is 2.88. The molecular formula is C8H18O6Si. The lowest BCUT2D eigenvalue weighted by Crippen LogP contribution is -2.46. The molecule has 0 saturated carbocycles. The van der Waals surface area contributed by atoms with Crippen LogP contribution >= 0.6 is 0 Å². The Morgan fingerprint density at radius 3 is 2.27 bits per heavy atom. The first-order valence-corrected chi connectivity index (χ1v) is 6.28. The van der Waals surface area contributed by atoms with Crippen molar-refractivity contribution < 1.29 is 27.6 Å². The minimum atomic E-state index is -3.52. The number of esters is 1. The maximum absolute atomic E-state index is 10.7. The first kappa shape index (κ1) is 14.5. The molecule has 0 spiro atoms. The summed E-state index contributed by atoms with van der Waals surface area (Å²) < 4.78 is 19.4. The minimum Gasteiger partial charge on any atom is -0.460 e. The van der Waals surface area contributed by atoms with E-state index in [9.17, 15) is 9.59 Å². The van der Waals surface area contributed by atoms with Gasteiger partial charge in [-0.05, 0) is 6.42 Å². The Morgan fingerprint density at radius 2 is 1.93 bits per heavy atom. The van der Waals surface area contributed by atoms with E-state index in [1.54, 1.807) is 0 Å². The van der Waals surface area contributed by atoms with Gasteiger partial charge in [0.25, 0.3) is 0 Å². The summed E-state index contributed by atoms with van der Waals surface area (Å²) in [5.41, 5.74) is 0. The number of rotatable bonds is 7. The van der Waals surface area contributed by atoms with E-state index in [2.05, 4.69) is 0 Å². The topological polar surface area (TPSA) is 74.2 Å². The van der Waals surface area contributed by atoms with Gasteiger partial charge in [-0.2, -0.15) is 0 Å². The Kier molecular flexibility index (Phi) is 6.69. The lowest BCUT2D eigenvalue weighted by atomic mass is 10.3. The Bertz CT molecular complexity index is 194. The standard InChI is InChI=1S/C8H18O6Si/c1-5-8(14-7(2)9)6-13-15(10,11-3)12-4/h8,10H,5-6H2,1-4H3. The third kappa shape index (κ3) is 5.85. The van der Waals surface area contributed by atoms with E-state index < -0.39 is 15.2 Å².